The molecule has 0 aromatic carbocycles. The minimum atomic E-state index is 0.356. The molecule has 0 unspecified atom stereocenters. The van der Waals surface area contributed by atoms with Crippen LogP contribution in [-0.2, 0) is 7.05 Å². The lowest BCUT2D eigenvalue weighted by molar-refractivity contribution is 0.731. The molecule has 1 heterocycles. The summed E-state index contributed by atoms with van der Waals surface area (Å²) in [5.74, 6) is 0. The van der Waals surface area contributed by atoms with Crippen molar-refractivity contribution in [1.82, 2.24) is 9.78 Å². The summed E-state index contributed by atoms with van der Waals surface area (Å²) in [6.45, 7) is 3.81. The smallest absolute Gasteiger partial charge is 0.107 e. The molecule has 4 nitrogen and oxygen atoms in total. The summed E-state index contributed by atoms with van der Waals surface area (Å²) in [5, 5.41) is 11.7. The fraction of sp³-hybridized carbons (Fsp3) is 0.375. The number of aromatic nitrogens is 2. The number of rotatable bonds is 1. The van der Waals surface area contributed by atoms with Crippen LogP contribution in [0.4, 0.5) is 5.69 Å². The van der Waals surface area contributed by atoms with E-state index in [0.717, 1.165) is 5.71 Å². The predicted octanol–water partition coefficient (Wildman–Crippen LogP) is 1.01. The van der Waals surface area contributed by atoms with Gasteiger partial charge < -0.3 is 0 Å². The Bertz CT molecular complexity index is 358. The van der Waals surface area contributed by atoms with E-state index in [1.807, 2.05) is 20.9 Å². The van der Waals surface area contributed by atoms with Crippen molar-refractivity contribution in [3.8, 4) is 0 Å². The van der Waals surface area contributed by atoms with Gasteiger partial charge in [-0.05, 0) is 13.8 Å². The van der Waals surface area contributed by atoms with Crippen molar-refractivity contribution in [3.05, 3.63) is 17.8 Å². The number of hydrogen-bond donors (Lipinski definition) is 1. The summed E-state index contributed by atoms with van der Waals surface area (Å²) < 4.78 is 1.64. The maximum absolute atomic E-state index is 7.48. The first-order valence-corrected chi connectivity index (χ1v) is 3.69. The molecular formula is C8H12N4. The summed E-state index contributed by atoms with van der Waals surface area (Å²) >= 11 is 0. The van der Waals surface area contributed by atoms with E-state index in [2.05, 4.69) is 10.1 Å². The maximum atomic E-state index is 7.48. The second-order valence-electron chi connectivity index (χ2n) is 2.81. The van der Waals surface area contributed by atoms with Gasteiger partial charge in [-0.25, -0.2) is 0 Å². The molecule has 0 bridgehead atoms. The van der Waals surface area contributed by atoms with Gasteiger partial charge in [0.05, 0.1) is 12.4 Å². The highest BCUT2D eigenvalue weighted by Gasteiger charge is 1.93. The SMILES string of the molecule is CC(C)=Nc1cn(C)ncc1=N. The molecule has 0 amide bonds. The van der Waals surface area contributed by atoms with Gasteiger partial charge in [-0.1, -0.05) is 0 Å². The lowest BCUT2D eigenvalue weighted by Gasteiger charge is -1.98. The van der Waals surface area contributed by atoms with E-state index in [0.29, 0.717) is 11.0 Å². The molecule has 1 rings (SSSR count). The van der Waals surface area contributed by atoms with Crippen molar-refractivity contribution < 1.29 is 0 Å². The van der Waals surface area contributed by atoms with Crippen LogP contribution in [0.5, 0.6) is 0 Å². The number of aliphatic imine (C=N–C) groups is 1. The van der Waals surface area contributed by atoms with Crippen LogP contribution in [0.3, 0.4) is 0 Å². The highest BCUT2D eigenvalue weighted by atomic mass is 15.2. The van der Waals surface area contributed by atoms with Crippen molar-refractivity contribution in [2.75, 3.05) is 0 Å². The Kier molecular flexibility index (Phi) is 2.38. The number of hydrogen-bond acceptors (Lipinski definition) is 3. The molecule has 0 spiro atoms. The van der Waals surface area contributed by atoms with Crippen molar-refractivity contribution in [2.45, 2.75) is 13.8 Å². The first-order valence-electron chi connectivity index (χ1n) is 3.69. The first kappa shape index (κ1) is 8.64. The standard InChI is InChI=1S/C8H12N4/c1-6(2)11-8-5-12(3)10-4-7(8)9/h4-5,9H,1-3H3. The zero-order chi connectivity index (χ0) is 9.14. The minimum absolute atomic E-state index is 0.356. The van der Waals surface area contributed by atoms with Crippen LogP contribution < -0.4 is 5.36 Å². The zero-order valence-corrected chi connectivity index (χ0v) is 7.50. The number of aryl methyl sites for hydroxylation is 1. The van der Waals surface area contributed by atoms with Gasteiger partial charge in [-0.15, -0.1) is 0 Å². The van der Waals surface area contributed by atoms with Gasteiger partial charge in [0.15, 0.2) is 0 Å². The summed E-state index contributed by atoms with van der Waals surface area (Å²) in [7, 11) is 1.81. The largest absolute Gasteiger partial charge is 0.297 e. The molecule has 12 heavy (non-hydrogen) atoms. The second kappa shape index (κ2) is 3.30. The van der Waals surface area contributed by atoms with Gasteiger partial charge in [0.1, 0.15) is 11.0 Å². The first-order chi connectivity index (χ1) is 5.59. The molecule has 0 aliphatic heterocycles. The van der Waals surface area contributed by atoms with Crippen molar-refractivity contribution >= 4 is 11.4 Å². The fourth-order valence-corrected chi connectivity index (χ4v) is 0.825. The molecule has 1 aromatic rings. The van der Waals surface area contributed by atoms with Gasteiger partial charge in [0, 0.05) is 12.8 Å². The lowest BCUT2D eigenvalue weighted by atomic mass is 10.4. The van der Waals surface area contributed by atoms with Gasteiger partial charge in [-0.2, -0.15) is 5.10 Å². The lowest BCUT2D eigenvalue weighted by Crippen LogP contribution is -2.07. The fourth-order valence-electron chi connectivity index (χ4n) is 0.825. The van der Waals surface area contributed by atoms with E-state index < -0.39 is 0 Å². The molecule has 0 aliphatic rings. The Morgan fingerprint density at radius 3 is 2.83 bits per heavy atom. The highest BCUT2D eigenvalue weighted by Crippen LogP contribution is 2.01. The van der Waals surface area contributed by atoms with Gasteiger partial charge >= 0.3 is 0 Å². The second-order valence-corrected chi connectivity index (χ2v) is 2.81. The molecule has 1 aromatic heterocycles. The summed E-state index contributed by atoms with van der Waals surface area (Å²) in [5.41, 5.74) is 1.60. The third-order valence-corrected chi connectivity index (χ3v) is 1.30. The summed E-state index contributed by atoms with van der Waals surface area (Å²) in [6.07, 6.45) is 3.22. The molecule has 0 atom stereocenters. The van der Waals surface area contributed by atoms with E-state index >= 15 is 0 Å². The normalized spacial score (nSPS) is 9.58. The van der Waals surface area contributed by atoms with Crippen LogP contribution in [0.1, 0.15) is 13.8 Å². The Balaban J connectivity index is 3.24. The average Bonchev–Trinajstić information content (AvgIpc) is 1.96. The summed E-state index contributed by atoms with van der Waals surface area (Å²) in [4.78, 5) is 4.19. The van der Waals surface area contributed by atoms with Crippen molar-refractivity contribution in [2.24, 2.45) is 12.0 Å². The van der Waals surface area contributed by atoms with Crippen molar-refractivity contribution in [1.29, 1.82) is 5.41 Å². The molecule has 0 saturated carbocycles. The van der Waals surface area contributed by atoms with E-state index in [1.165, 1.54) is 6.20 Å². The highest BCUT2D eigenvalue weighted by molar-refractivity contribution is 5.81. The van der Waals surface area contributed by atoms with E-state index in [9.17, 15) is 0 Å². The number of nitrogens with zero attached hydrogens (tertiary/aromatic N) is 3. The minimum Gasteiger partial charge on any atom is -0.297 e. The van der Waals surface area contributed by atoms with Gasteiger partial charge in [0.2, 0.25) is 0 Å². The summed E-state index contributed by atoms with van der Waals surface area (Å²) in [6, 6.07) is 0. The molecule has 4 heteroatoms. The zero-order valence-electron chi connectivity index (χ0n) is 7.50. The number of nitrogens with one attached hydrogen (secondary N) is 1. The van der Waals surface area contributed by atoms with Crippen LogP contribution in [0, 0.1) is 5.41 Å². The van der Waals surface area contributed by atoms with Crippen LogP contribution >= 0.6 is 0 Å². The Morgan fingerprint density at radius 2 is 2.25 bits per heavy atom. The van der Waals surface area contributed by atoms with E-state index in [-0.39, 0.29) is 0 Å². The van der Waals surface area contributed by atoms with Gasteiger partial charge in [-0.3, -0.25) is 15.1 Å². The molecule has 0 radical (unpaired) electrons. The third-order valence-electron chi connectivity index (χ3n) is 1.30. The molecule has 0 saturated heterocycles. The Hall–Kier alpha value is -1.45. The van der Waals surface area contributed by atoms with Crippen LogP contribution in [0.2, 0.25) is 0 Å². The molecule has 1 N–H and O–H groups in total. The molecule has 0 fully saturated rings. The van der Waals surface area contributed by atoms with Crippen molar-refractivity contribution in [3.63, 3.8) is 0 Å². The predicted molar refractivity (Wildman–Crippen MR) is 47.5 cm³/mol. The monoisotopic (exact) mass is 164 g/mol. The third kappa shape index (κ3) is 2.02. The van der Waals surface area contributed by atoms with Crippen LogP contribution in [0.25, 0.3) is 0 Å². The van der Waals surface area contributed by atoms with Crippen LogP contribution in [-0.4, -0.2) is 15.5 Å². The maximum Gasteiger partial charge on any atom is 0.107 e. The van der Waals surface area contributed by atoms with Crippen LogP contribution in [0.15, 0.2) is 17.4 Å². The van der Waals surface area contributed by atoms with Gasteiger partial charge in [0.25, 0.3) is 0 Å². The van der Waals surface area contributed by atoms with E-state index in [4.69, 9.17) is 5.41 Å². The van der Waals surface area contributed by atoms with E-state index in [1.54, 1.807) is 10.9 Å². The Labute approximate surface area is 71.1 Å². The molecular weight excluding hydrogens is 152 g/mol. The molecule has 0 aliphatic carbocycles. The Morgan fingerprint density at radius 1 is 1.58 bits per heavy atom. The topological polar surface area (TPSA) is 54.0 Å². The quantitative estimate of drug-likeness (QED) is 0.619. The average molecular weight is 164 g/mol. The molecule has 64 valence electrons.